The molecule has 1 heterocycles. The number of rotatable bonds is 1. The Bertz CT molecular complexity index is 391. The van der Waals surface area contributed by atoms with Crippen molar-refractivity contribution in [3.63, 3.8) is 0 Å². The van der Waals surface area contributed by atoms with Gasteiger partial charge in [-0.2, -0.15) is 0 Å². The molecule has 0 bridgehead atoms. The minimum Gasteiger partial charge on any atom is -0.423 e. The van der Waals surface area contributed by atoms with Crippen LogP contribution in [0.25, 0.3) is 0 Å². The zero-order chi connectivity index (χ0) is 9.97. The van der Waals surface area contributed by atoms with Gasteiger partial charge in [0.15, 0.2) is 0 Å². The van der Waals surface area contributed by atoms with Gasteiger partial charge in [0.2, 0.25) is 0 Å². The molecule has 0 atom stereocenters. The second-order valence-electron chi connectivity index (χ2n) is 3.31. The van der Waals surface area contributed by atoms with Crippen LogP contribution in [0, 0.1) is 0 Å². The summed E-state index contributed by atoms with van der Waals surface area (Å²) in [6.45, 7) is 2.01. The van der Waals surface area contributed by atoms with E-state index in [1.165, 1.54) is 0 Å². The fraction of sp³-hybridized carbons (Fsp3) is 0.250. The first-order valence-corrected chi connectivity index (χ1v) is 4.80. The van der Waals surface area contributed by atoms with Crippen LogP contribution in [0.15, 0.2) is 35.9 Å². The Hall–Kier alpha value is -1.57. The highest BCUT2D eigenvalue weighted by molar-refractivity contribution is 5.92. The molecule has 0 saturated heterocycles. The molecule has 1 aromatic carbocycles. The van der Waals surface area contributed by atoms with E-state index < -0.39 is 0 Å². The fourth-order valence-corrected chi connectivity index (χ4v) is 1.59. The van der Waals surface area contributed by atoms with Gasteiger partial charge in [0.05, 0.1) is 0 Å². The summed E-state index contributed by atoms with van der Waals surface area (Å²) < 4.78 is 5.19. The summed E-state index contributed by atoms with van der Waals surface area (Å²) in [5.41, 5.74) is 1.86. The topological polar surface area (TPSA) is 26.3 Å². The number of carbonyl (C=O) groups is 1. The van der Waals surface area contributed by atoms with Gasteiger partial charge >= 0.3 is 5.97 Å². The van der Waals surface area contributed by atoms with Crippen molar-refractivity contribution in [2.45, 2.75) is 19.8 Å². The van der Waals surface area contributed by atoms with E-state index in [0.717, 1.165) is 17.6 Å². The average Bonchev–Trinajstić information content (AvgIpc) is 2.19. The molecule has 0 aliphatic carbocycles. The lowest BCUT2D eigenvalue weighted by Crippen LogP contribution is -2.19. The fourth-order valence-electron chi connectivity index (χ4n) is 1.59. The molecule has 2 rings (SSSR count). The number of benzene rings is 1. The molecule has 0 unspecified atom stereocenters. The maximum atomic E-state index is 11.5. The van der Waals surface area contributed by atoms with Gasteiger partial charge in [0.25, 0.3) is 0 Å². The first kappa shape index (κ1) is 9.00. The summed E-state index contributed by atoms with van der Waals surface area (Å²) in [6, 6.07) is 7.66. The molecule has 1 aliphatic rings. The number of carbonyl (C=O) groups excluding carboxylic acids is 1. The van der Waals surface area contributed by atoms with Crippen molar-refractivity contribution in [1.29, 1.82) is 0 Å². The van der Waals surface area contributed by atoms with Crippen molar-refractivity contribution in [1.82, 2.24) is 0 Å². The second kappa shape index (κ2) is 3.66. The largest absolute Gasteiger partial charge is 0.423 e. The smallest absolute Gasteiger partial charge is 0.339 e. The maximum absolute atomic E-state index is 11.5. The number of allylic oxidation sites excluding steroid dienone is 1. The molecule has 0 aromatic heterocycles. The van der Waals surface area contributed by atoms with Crippen LogP contribution in [-0.2, 0) is 11.2 Å². The van der Waals surface area contributed by atoms with Crippen LogP contribution in [0.4, 0.5) is 0 Å². The van der Waals surface area contributed by atoms with Crippen LogP contribution < -0.4 is 4.74 Å². The van der Waals surface area contributed by atoms with Crippen molar-refractivity contribution in [2.24, 2.45) is 0 Å². The molecule has 2 heteroatoms. The molecule has 1 aliphatic heterocycles. The van der Waals surface area contributed by atoms with Crippen LogP contribution in [0.3, 0.4) is 0 Å². The van der Waals surface area contributed by atoms with E-state index in [4.69, 9.17) is 4.74 Å². The van der Waals surface area contributed by atoms with Crippen molar-refractivity contribution < 1.29 is 9.53 Å². The SMILES string of the molecule is CC/C=C1\Cc2ccccc2OC1=O. The molecule has 0 radical (unpaired) electrons. The van der Waals surface area contributed by atoms with Gasteiger partial charge in [0, 0.05) is 12.0 Å². The van der Waals surface area contributed by atoms with Crippen molar-refractivity contribution in [3.8, 4) is 5.75 Å². The number of esters is 1. The van der Waals surface area contributed by atoms with E-state index in [0.29, 0.717) is 12.2 Å². The zero-order valence-electron chi connectivity index (χ0n) is 8.12. The van der Waals surface area contributed by atoms with E-state index in [1.807, 2.05) is 37.3 Å². The van der Waals surface area contributed by atoms with E-state index in [1.54, 1.807) is 0 Å². The van der Waals surface area contributed by atoms with Crippen LogP contribution in [0.1, 0.15) is 18.9 Å². The molecule has 0 fully saturated rings. The van der Waals surface area contributed by atoms with Gasteiger partial charge in [-0.3, -0.25) is 0 Å². The normalized spacial score (nSPS) is 17.8. The number of hydrogen-bond acceptors (Lipinski definition) is 2. The standard InChI is InChI=1S/C12H12O2/c1-2-5-10-8-9-6-3-4-7-11(9)14-12(10)13/h3-7H,2,8H2,1H3/b10-5+. The molecule has 0 amide bonds. The Balaban J connectivity index is 2.36. The van der Waals surface area contributed by atoms with Gasteiger partial charge in [0.1, 0.15) is 5.75 Å². The lowest BCUT2D eigenvalue weighted by Gasteiger charge is -2.17. The molecular weight excluding hydrogens is 176 g/mol. The highest BCUT2D eigenvalue weighted by Crippen LogP contribution is 2.27. The predicted molar refractivity (Wildman–Crippen MR) is 54.2 cm³/mol. The average molecular weight is 188 g/mol. The second-order valence-corrected chi connectivity index (χ2v) is 3.31. The lowest BCUT2D eigenvalue weighted by atomic mass is 10.0. The lowest BCUT2D eigenvalue weighted by molar-refractivity contribution is -0.130. The summed E-state index contributed by atoms with van der Waals surface area (Å²) in [7, 11) is 0. The summed E-state index contributed by atoms with van der Waals surface area (Å²) in [4.78, 5) is 11.5. The number of hydrogen-bond donors (Lipinski definition) is 0. The zero-order valence-corrected chi connectivity index (χ0v) is 8.12. The van der Waals surface area contributed by atoms with Gasteiger partial charge < -0.3 is 4.74 Å². The van der Waals surface area contributed by atoms with E-state index in [2.05, 4.69) is 0 Å². The molecule has 0 spiro atoms. The highest BCUT2D eigenvalue weighted by Gasteiger charge is 2.20. The van der Waals surface area contributed by atoms with E-state index in [9.17, 15) is 4.79 Å². The summed E-state index contributed by atoms with van der Waals surface area (Å²) in [5.74, 6) is 0.497. The molecule has 1 aromatic rings. The van der Waals surface area contributed by atoms with Gasteiger partial charge in [-0.1, -0.05) is 31.2 Å². The highest BCUT2D eigenvalue weighted by atomic mass is 16.5. The Morgan fingerprint density at radius 1 is 1.43 bits per heavy atom. The van der Waals surface area contributed by atoms with Crippen molar-refractivity contribution >= 4 is 5.97 Å². The van der Waals surface area contributed by atoms with Gasteiger partial charge in [-0.05, 0) is 18.1 Å². The molecule has 72 valence electrons. The minimum atomic E-state index is -0.203. The third-order valence-corrected chi connectivity index (χ3v) is 2.27. The molecular formula is C12H12O2. The van der Waals surface area contributed by atoms with Crippen molar-refractivity contribution in [3.05, 3.63) is 41.5 Å². The number of para-hydroxylation sites is 1. The molecule has 0 saturated carbocycles. The molecule has 0 N–H and O–H groups in total. The Kier molecular flexibility index (Phi) is 2.35. The van der Waals surface area contributed by atoms with E-state index in [-0.39, 0.29) is 5.97 Å². The first-order chi connectivity index (χ1) is 6.81. The Morgan fingerprint density at radius 3 is 3.00 bits per heavy atom. The minimum absolute atomic E-state index is 0.203. The van der Waals surface area contributed by atoms with Crippen molar-refractivity contribution in [2.75, 3.05) is 0 Å². The summed E-state index contributed by atoms with van der Waals surface area (Å²) in [6.07, 6.45) is 3.49. The Labute approximate surface area is 83.2 Å². The molecule has 14 heavy (non-hydrogen) atoms. The van der Waals surface area contributed by atoms with Crippen LogP contribution in [-0.4, -0.2) is 5.97 Å². The maximum Gasteiger partial charge on any atom is 0.339 e. The number of ether oxygens (including phenoxy) is 1. The van der Waals surface area contributed by atoms with Crippen LogP contribution >= 0.6 is 0 Å². The summed E-state index contributed by atoms with van der Waals surface area (Å²) in [5, 5.41) is 0. The quantitative estimate of drug-likeness (QED) is 0.384. The van der Waals surface area contributed by atoms with Crippen LogP contribution in [0.5, 0.6) is 5.75 Å². The van der Waals surface area contributed by atoms with Gasteiger partial charge in [-0.15, -0.1) is 0 Å². The third kappa shape index (κ3) is 1.55. The van der Waals surface area contributed by atoms with Crippen LogP contribution in [0.2, 0.25) is 0 Å². The molecule has 2 nitrogen and oxygen atoms in total. The summed E-state index contributed by atoms with van der Waals surface area (Å²) >= 11 is 0. The monoisotopic (exact) mass is 188 g/mol. The first-order valence-electron chi connectivity index (χ1n) is 4.80. The van der Waals surface area contributed by atoms with Gasteiger partial charge in [-0.25, -0.2) is 4.79 Å². The Morgan fingerprint density at radius 2 is 2.21 bits per heavy atom. The van der Waals surface area contributed by atoms with E-state index >= 15 is 0 Å². The predicted octanol–water partition coefficient (Wildman–Crippen LogP) is 2.48. The third-order valence-electron chi connectivity index (χ3n) is 2.27. The number of fused-ring (bicyclic) bond motifs is 1.